The van der Waals surface area contributed by atoms with Crippen LogP contribution in [-0.2, 0) is 16.2 Å². The summed E-state index contributed by atoms with van der Waals surface area (Å²) in [4.78, 5) is 2.97. The van der Waals surface area contributed by atoms with E-state index in [1.165, 1.54) is 41.2 Å². The van der Waals surface area contributed by atoms with Crippen LogP contribution in [0.3, 0.4) is 0 Å². The number of aromatic nitrogens is 2. The minimum absolute atomic E-state index is 0.0815. The van der Waals surface area contributed by atoms with Crippen molar-refractivity contribution in [2.75, 3.05) is 4.72 Å². The second-order valence-electron chi connectivity index (χ2n) is 5.34. The van der Waals surface area contributed by atoms with Gasteiger partial charge in [-0.1, -0.05) is 35.3 Å². The van der Waals surface area contributed by atoms with E-state index in [2.05, 4.69) is 9.71 Å². The average molecular weight is 436 g/mol. The van der Waals surface area contributed by atoms with Crippen molar-refractivity contribution in [1.82, 2.24) is 9.55 Å². The van der Waals surface area contributed by atoms with Gasteiger partial charge in [-0.15, -0.1) is 0 Å². The minimum Gasteiger partial charge on any atom is -0.288 e. The van der Waals surface area contributed by atoms with Crippen molar-refractivity contribution in [1.29, 1.82) is 0 Å². The zero-order valence-electron chi connectivity index (χ0n) is 13.2. The molecule has 0 saturated carbocycles. The number of sulfonamides is 1. The van der Waals surface area contributed by atoms with Gasteiger partial charge in [0.1, 0.15) is 6.33 Å². The topological polar surface area (TPSA) is 64.0 Å². The summed E-state index contributed by atoms with van der Waals surface area (Å²) in [7, 11) is -4.44. The maximum atomic E-state index is 13.1. The molecule has 0 radical (unpaired) electrons. The number of alkyl halides is 3. The molecule has 0 aliphatic rings. The molecule has 3 aromatic rings. The van der Waals surface area contributed by atoms with Crippen molar-refractivity contribution in [2.45, 2.75) is 11.1 Å². The van der Waals surface area contributed by atoms with E-state index in [1.807, 2.05) is 0 Å². The smallest absolute Gasteiger partial charge is 0.288 e. The van der Waals surface area contributed by atoms with Crippen molar-refractivity contribution in [2.24, 2.45) is 0 Å². The highest BCUT2D eigenvalue weighted by atomic mass is 35.5. The highest BCUT2D eigenvalue weighted by Crippen LogP contribution is 2.34. The molecule has 1 aromatic heterocycles. The Hall–Kier alpha value is -2.23. The van der Waals surface area contributed by atoms with Gasteiger partial charge in [0, 0.05) is 11.4 Å². The lowest BCUT2D eigenvalue weighted by Gasteiger charge is -2.14. The largest absolute Gasteiger partial charge is 0.417 e. The number of imidazole rings is 1. The van der Waals surface area contributed by atoms with Crippen LogP contribution >= 0.6 is 23.2 Å². The Balaban J connectivity index is 1.91. The van der Waals surface area contributed by atoms with Crippen LogP contribution in [0.4, 0.5) is 18.9 Å². The van der Waals surface area contributed by atoms with E-state index in [0.717, 1.165) is 12.1 Å². The fourth-order valence-electron chi connectivity index (χ4n) is 2.33. The van der Waals surface area contributed by atoms with E-state index in [1.54, 1.807) is 0 Å². The Morgan fingerprint density at radius 1 is 1.00 bits per heavy atom. The predicted octanol–water partition coefficient (Wildman–Crippen LogP) is 5.00. The van der Waals surface area contributed by atoms with Crippen LogP contribution in [0.25, 0.3) is 5.69 Å². The quantitative estimate of drug-likeness (QED) is 0.626. The predicted molar refractivity (Wildman–Crippen MR) is 95.8 cm³/mol. The molecule has 27 heavy (non-hydrogen) atoms. The van der Waals surface area contributed by atoms with Crippen molar-refractivity contribution < 1.29 is 21.6 Å². The summed E-state index contributed by atoms with van der Waals surface area (Å²) in [6, 6.07) is 9.74. The van der Waals surface area contributed by atoms with Gasteiger partial charge in [-0.05, 0) is 36.4 Å². The Kier molecular flexibility index (Phi) is 5.11. The molecule has 0 spiro atoms. The zero-order chi connectivity index (χ0) is 19.8. The molecule has 2 aromatic carbocycles. The van der Waals surface area contributed by atoms with Gasteiger partial charge in [0.25, 0.3) is 10.0 Å². The van der Waals surface area contributed by atoms with E-state index < -0.39 is 26.7 Å². The fraction of sp³-hybridized carbons (Fsp3) is 0.0625. The molecule has 11 heteroatoms. The highest BCUT2D eigenvalue weighted by molar-refractivity contribution is 7.92. The fourth-order valence-corrected chi connectivity index (χ4v) is 3.94. The molecule has 0 atom stereocenters. The maximum absolute atomic E-state index is 13.1. The molecule has 3 rings (SSSR count). The molecule has 1 N–H and O–H groups in total. The summed E-state index contributed by atoms with van der Waals surface area (Å²) in [5, 5.41) is 0.273. The van der Waals surface area contributed by atoms with Gasteiger partial charge in [0.2, 0.25) is 0 Å². The Bertz CT molecular complexity index is 1080. The summed E-state index contributed by atoms with van der Waals surface area (Å²) in [5.41, 5.74) is -0.620. The lowest BCUT2D eigenvalue weighted by Crippen LogP contribution is -2.18. The van der Waals surface area contributed by atoms with Gasteiger partial charge in [0.05, 0.1) is 10.5 Å². The second-order valence-corrected chi connectivity index (χ2v) is 7.71. The van der Waals surface area contributed by atoms with Gasteiger partial charge < -0.3 is 0 Å². The van der Waals surface area contributed by atoms with Gasteiger partial charge in [-0.25, -0.2) is 13.4 Å². The Morgan fingerprint density at radius 3 is 2.19 bits per heavy atom. The average Bonchev–Trinajstić information content (AvgIpc) is 2.94. The van der Waals surface area contributed by atoms with Crippen LogP contribution in [0.1, 0.15) is 5.56 Å². The first kappa shape index (κ1) is 19.5. The van der Waals surface area contributed by atoms with Crippen molar-refractivity contribution in [3.63, 3.8) is 0 Å². The first-order valence-corrected chi connectivity index (χ1v) is 9.51. The second kappa shape index (κ2) is 7.06. The van der Waals surface area contributed by atoms with Crippen LogP contribution in [0.5, 0.6) is 0 Å². The molecule has 0 fully saturated rings. The number of halogens is 5. The van der Waals surface area contributed by atoms with E-state index >= 15 is 0 Å². The number of benzene rings is 2. The summed E-state index contributed by atoms with van der Waals surface area (Å²) < 4.78 is 67.6. The molecule has 5 nitrogen and oxygen atoms in total. The van der Waals surface area contributed by atoms with Crippen LogP contribution in [-0.4, -0.2) is 18.0 Å². The standard InChI is InChI=1S/C16H10Cl2F3N3O2S/c17-14-15(18)24(9-22-14)11-7-5-10(6-8-11)23-27(25,26)13-4-2-1-3-12(13)16(19,20)21/h1-9,23H. The van der Waals surface area contributed by atoms with E-state index in [9.17, 15) is 21.6 Å². The number of hydrogen-bond acceptors (Lipinski definition) is 3. The molecule has 0 amide bonds. The van der Waals surface area contributed by atoms with Gasteiger partial charge >= 0.3 is 6.18 Å². The Labute approximate surface area is 162 Å². The molecule has 0 bridgehead atoms. The normalized spacial score (nSPS) is 12.2. The van der Waals surface area contributed by atoms with E-state index in [-0.39, 0.29) is 16.0 Å². The van der Waals surface area contributed by atoms with Crippen LogP contribution < -0.4 is 4.72 Å². The zero-order valence-corrected chi connectivity index (χ0v) is 15.5. The number of hydrogen-bond donors (Lipinski definition) is 1. The monoisotopic (exact) mass is 435 g/mol. The summed E-state index contributed by atoms with van der Waals surface area (Å²) in [5.74, 6) is 0. The maximum Gasteiger partial charge on any atom is 0.417 e. The van der Waals surface area contributed by atoms with Gasteiger partial charge in [-0.3, -0.25) is 9.29 Å². The summed E-state index contributed by atoms with van der Waals surface area (Å²) >= 11 is 11.7. The van der Waals surface area contributed by atoms with E-state index in [0.29, 0.717) is 11.8 Å². The molecule has 142 valence electrons. The van der Waals surface area contributed by atoms with Crippen LogP contribution in [0.2, 0.25) is 10.3 Å². The lowest BCUT2D eigenvalue weighted by atomic mass is 10.2. The highest BCUT2D eigenvalue weighted by Gasteiger charge is 2.36. The third kappa shape index (κ3) is 4.05. The molecule has 0 unspecified atom stereocenters. The van der Waals surface area contributed by atoms with E-state index in [4.69, 9.17) is 23.2 Å². The first-order chi connectivity index (χ1) is 12.6. The number of anilines is 1. The minimum atomic E-state index is -4.80. The van der Waals surface area contributed by atoms with Crippen molar-refractivity contribution >= 4 is 38.9 Å². The molecule has 1 heterocycles. The molecule has 0 aliphatic carbocycles. The summed E-state index contributed by atoms with van der Waals surface area (Å²) in [6.45, 7) is 0. The number of rotatable bonds is 4. The third-order valence-electron chi connectivity index (χ3n) is 3.55. The third-order valence-corrected chi connectivity index (χ3v) is 5.72. The molecular weight excluding hydrogens is 426 g/mol. The van der Waals surface area contributed by atoms with Crippen molar-refractivity contribution in [3.05, 3.63) is 70.7 Å². The van der Waals surface area contributed by atoms with Gasteiger partial charge in [0.15, 0.2) is 10.3 Å². The Morgan fingerprint density at radius 2 is 1.63 bits per heavy atom. The summed E-state index contributed by atoms with van der Waals surface area (Å²) in [6.07, 6.45) is -3.42. The number of nitrogens with zero attached hydrogens (tertiary/aromatic N) is 2. The first-order valence-electron chi connectivity index (χ1n) is 7.27. The molecular formula is C16H10Cl2F3N3O2S. The van der Waals surface area contributed by atoms with Crippen LogP contribution in [0.15, 0.2) is 59.8 Å². The van der Waals surface area contributed by atoms with Crippen LogP contribution in [0, 0.1) is 0 Å². The number of nitrogens with one attached hydrogen (secondary N) is 1. The SMILES string of the molecule is O=S(=O)(Nc1ccc(-n2cnc(Cl)c2Cl)cc1)c1ccccc1C(F)(F)F. The lowest BCUT2D eigenvalue weighted by molar-refractivity contribution is -0.139. The van der Waals surface area contributed by atoms with Crippen molar-refractivity contribution in [3.8, 4) is 5.69 Å². The molecule has 0 aliphatic heterocycles. The molecule has 0 saturated heterocycles. The van der Waals surface area contributed by atoms with Gasteiger partial charge in [-0.2, -0.15) is 13.2 Å².